The largest absolute Gasteiger partial charge is 0.236 e. The average Bonchev–Trinajstić information content (AvgIpc) is 2.15. The summed E-state index contributed by atoms with van der Waals surface area (Å²) in [6.45, 7) is 2.25. The quantitative estimate of drug-likeness (QED) is 0.278. The van der Waals surface area contributed by atoms with Crippen LogP contribution in [0, 0.1) is 0 Å². The first-order chi connectivity index (χ1) is 6.77. The van der Waals surface area contributed by atoms with Crippen LogP contribution in [0.5, 0.6) is 0 Å². The first kappa shape index (κ1) is 14.7. The van der Waals surface area contributed by atoms with Gasteiger partial charge in [0.1, 0.15) is 0 Å². The van der Waals surface area contributed by atoms with E-state index in [1.807, 2.05) is 22.6 Å². The van der Waals surface area contributed by atoms with E-state index in [1.54, 1.807) is 0 Å². The van der Waals surface area contributed by atoms with Crippen molar-refractivity contribution in [3.63, 3.8) is 0 Å². The van der Waals surface area contributed by atoms with Crippen LogP contribution in [-0.4, -0.2) is 4.18 Å². The SMILES string of the molecule is CCCCCCCCCCCC(F)I. The first-order valence-electron chi connectivity index (χ1n) is 6.05. The van der Waals surface area contributed by atoms with Crippen LogP contribution in [0.15, 0.2) is 0 Å². The molecular weight excluding hydrogens is 290 g/mol. The molecule has 0 fully saturated rings. The van der Waals surface area contributed by atoms with Crippen molar-refractivity contribution in [2.45, 2.75) is 75.3 Å². The molecule has 0 heterocycles. The highest BCUT2D eigenvalue weighted by atomic mass is 127. The number of hydrogen-bond acceptors (Lipinski definition) is 0. The second-order valence-electron chi connectivity index (χ2n) is 4.01. The Bertz CT molecular complexity index is 104. The maximum atomic E-state index is 12.4. The zero-order chi connectivity index (χ0) is 10.6. The van der Waals surface area contributed by atoms with E-state index in [1.165, 1.54) is 51.4 Å². The number of alkyl halides is 2. The lowest BCUT2D eigenvalue weighted by Crippen LogP contribution is -1.87. The molecule has 14 heavy (non-hydrogen) atoms. The molecule has 0 aliphatic rings. The van der Waals surface area contributed by atoms with E-state index in [0.29, 0.717) is 0 Å². The Labute approximate surface area is 102 Å². The van der Waals surface area contributed by atoms with Gasteiger partial charge in [-0.15, -0.1) is 0 Å². The first-order valence-corrected chi connectivity index (χ1v) is 7.30. The van der Waals surface area contributed by atoms with Gasteiger partial charge < -0.3 is 0 Å². The second kappa shape index (κ2) is 11.7. The monoisotopic (exact) mass is 314 g/mol. The molecule has 0 N–H and O–H groups in total. The minimum absolute atomic E-state index is 0.628. The lowest BCUT2D eigenvalue weighted by Gasteiger charge is -2.02. The van der Waals surface area contributed by atoms with Crippen molar-refractivity contribution in [2.75, 3.05) is 0 Å². The second-order valence-corrected chi connectivity index (χ2v) is 5.36. The van der Waals surface area contributed by atoms with E-state index < -0.39 is 4.18 Å². The Morgan fingerprint density at radius 3 is 1.71 bits per heavy atom. The van der Waals surface area contributed by atoms with Crippen molar-refractivity contribution in [2.24, 2.45) is 0 Å². The molecule has 0 amide bonds. The van der Waals surface area contributed by atoms with Gasteiger partial charge in [0.05, 0.1) is 0 Å². The fraction of sp³-hybridized carbons (Fsp3) is 1.00. The van der Waals surface area contributed by atoms with E-state index in [2.05, 4.69) is 6.92 Å². The summed E-state index contributed by atoms with van der Waals surface area (Å²) in [5.41, 5.74) is 0. The van der Waals surface area contributed by atoms with Gasteiger partial charge in [0, 0.05) is 0 Å². The van der Waals surface area contributed by atoms with Gasteiger partial charge in [-0.25, -0.2) is 4.39 Å². The molecule has 0 rings (SSSR count). The average molecular weight is 314 g/mol. The van der Waals surface area contributed by atoms with E-state index in [-0.39, 0.29) is 0 Å². The molecule has 2 heteroatoms. The highest BCUT2D eigenvalue weighted by Crippen LogP contribution is 2.14. The van der Waals surface area contributed by atoms with E-state index >= 15 is 0 Å². The van der Waals surface area contributed by atoms with Crippen LogP contribution < -0.4 is 0 Å². The third kappa shape index (κ3) is 12.7. The standard InChI is InChI=1S/C12H24FI/c1-2-3-4-5-6-7-8-9-10-11-12(13)14/h12H,2-11H2,1H3. The van der Waals surface area contributed by atoms with Crippen LogP contribution in [0.3, 0.4) is 0 Å². The Morgan fingerprint density at radius 1 is 0.857 bits per heavy atom. The Morgan fingerprint density at radius 2 is 1.29 bits per heavy atom. The maximum absolute atomic E-state index is 12.4. The molecule has 86 valence electrons. The van der Waals surface area contributed by atoms with Gasteiger partial charge in [-0.1, -0.05) is 58.3 Å². The molecule has 0 nitrogen and oxygen atoms in total. The predicted octanol–water partition coefficient (Wildman–Crippen LogP) is 5.64. The molecule has 0 radical (unpaired) electrons. The fourth-order valence-electron chi connectivity index (χ4n) is 1.61. The summed E-state index contributed by atoms with van der Waals surface area (Å²) in [6.07, 6.45) is 12.6. The molecule has 0 aromatic rings. The lowest BCUT2D eigenvalue weighted by atomic mass is 10.1. The van der Waals surface area contributed by atoms with Crippen molar-refractivity contribution >= 4 is 22.6 Å². The zero-order valence-corrected chi connectivity index (χ0v) is 11.6. The molecule has 1 unspecified atom stereocenters. The molecule has 0 bridgehead atoms. The van der Waals surface area contributed by atoms with Crippen LogP contribution >= 0.6 is 22.6 Å². The van der Waals surface area contributed by atoms with Crippen LogP contribution in [0.4, 0.5) is 4.39 Å². The van der Waals surface area contributed by atoms with Crippen molar-refractivity contribution in [3.05, 3.63) is 0 Å². The summed E-state index contributed by atoms with van der Waals surface area (Å²) >= 11 is 1.86. The topological polar surface area (TPSA) is 0 Å². The third-order valence-corrected chi connectivity index (χ3v) is 3.15. The molecule has 0 aromatic heterocycles. The highest BCUT2D eigenvalue weighted by Gasteiger charge is 1.98. The van der Waals surface area contributed by atoms with Gasteiger partial charge in [-0.3, -0.25) is 0 Å². The van der Waals surface area contributed by atoms with E-state index in [0.717, 1.165) is 12.8 Å². The molecule has 1 atom stereocenters. The minimum atomic E-state index is -0.628. The molecular formula is C12H24FI. The summed E-state index contributed by atoms with van der Waals surface area (Å²) in [5, 5.41) is 0. The number of unbranched alkanes of at least 4 members (excludes halogenated alkanes) is 8. The maximum Gasteiger partial charge on any atom is 0.151 e. The Kier molecular flexibility index (Phi) is 12.3. The molecule has 0 saturated carbocycles. The summed E-state index contributed by atoms with van der Waals surface area (Å²) in [5.74, 6) is 0. The van der Waals surface area contributed by atoms with Crippen LogP contribution in [-0.2, 0) is 0 Å². The highest BCUT2D eigenvalue weighted by molar-refractivity contribution is 14.1. The lowest BCUT2D eigenvalue weighted by molar-refractivity contribution is 0.428. The normalized spacial score (nSPS) is 13.1. The summed E-state index contributed by atoms with van der Waals surface area (Å²) in [6, 6.07) is 0. The Hall–Kier alpha value is 0.660. The Balaban J connectivity index is 2.85. The van der Waals surface area contributed by atoms with Crippen molar-refractivity contribution in [3.8, 4) is 0 Å². The van der Waals surface area contributed by atoms with Crippen molar-refractivity contribution in [1.82, 2.24) is 0 Å². The zero-order valence-electron chi connectivity index (χ0n) is 9.40. The molecule has 0 saturated heterocycles. The van der Waals surface area contributed by atoms with E-state index in [4.69, 9.17) is 0 Å². The minimum Gasteiger partial charge on any atom is -0.236 e. The molecule has 0 aliphatic heterocycles. The summed E-state index contributed by atoms with van der Waals surface area (Å²) < 4.78 is 11.8. The molecule has 0 spiro atoms. The van der Waals surface area contributed by atoms with Crippen molar-refractivity contribution in [1.29, 1.82) is 0 Å². The summed E-state index contributed by atoms with van der Waals surface area (Å²) in [7, 11) is 0. The van der Waals surface area contributed by atoms with Gasteiger partial charge in [0.25, 0.3) is 0 Å². The summed E-state index contributed by atoms with van der Waals surface area (Å²) in [4.78, 5) is 0. The van der Waals surface area contributed by atoms with Gasteiger partial charge in [-0.05, 0) is 35.4 Å². The fourth-order valence-corrected chi connectivity index (χ4v) is 2.05. The smallest absolute Gasteiger partial charge is 0.151 e. The molecule has 0 aromatic carbocycles. The number of halogens is 2. The van der Waals surface area contributed by atoms with Crippen LogP contribution in [0.25, 0.3) is 0 Å². The number of rotatable bonds is 10. The van der Waals surface area contributed by atoms with Gasteiger partial charge >= 0.3 is 0 Å². The van der Waals surface area contributed by atoms with Crippen LogP contribution in [0.1, 0.15) is 71.1 Å². The van der Waals surface area contributed by atoms with E-state index in [9.17, 15) is 4.39 Å². The van der Waals surface area contributed by atoms with Gasteiger partial charge in [0.2, 0.25) is 0 Å². The van der Waals surface area contributed by atoms with Gasteiger partial charge in [0.15, 0.2) is 4.18 Å². The molecule has 0 aliphatic carbocycles. The van der Waals surface area contributed by atoms with Crippen LogP contribution in [0.2, 0.25) is 0 Å². The van der Waals surface area contributed by atoms with Crippen molar-refractivity contribution < 1.29 is 4.39 Å². The number of hydrogen-bond donors (Lipinski definition) is 0. The van der Waals surface area contributed by atoms with Gasteiger partial charge in [-0.2, -0.15) is 0 Å². The predicted molar refractivity (Wildman–Crippen MR) is 70.8 cm³/mol. The third-order valence-electron chi connectivity index (χ3n) is 2.53.